The smallest absolute Gasteiger partial charge is 0.259 e. The molecule has 0 radical (unpaired) electrons. The molecule has 134 valence electrons. The fraction of sp³-hybridized carbons (Fsp3) is 0. The predicted octanol–water partition coefficient (Wildman–Crippen LogP) is 4.31. The second-order valence-electron chi connectivity index (χ2n) is 5.75. The van der Waals surface area contributed by atoms with E-state index in [0.717, 1.165) is 14.8 Å². The van der Waals surface area contributed by atoms with Crippen LogP contribution in [0.15, 0.2) is 84.0 Å². The summed E-state index contributed by atoms with van der Waals surface area (Å²) in [7, 11) is 0. The Morgan fingerprint density at radius 1 is 0.926 bits per heavy atom. The standard InChI is InChI=1S/C19H14IN5O2/c20-17-8-4-5-9-18(17)24-22-19(14-6-2-1-3-7-14)21-23(24)15-10-12-16(13-11-15)25(26)27/h1-13H,(H,21,22). The largest absolute Gasteiger partial charge is 0.269 e. The van der Waals surface area contributed by atoms with E-state index in [-0.39, 0.29) is 5.69 Å². The van der Waals surface area contributed by atoms with Crippen molar-refractivity contribution in [2.24, 2.45) is 5.10 Å². The third-order valence-corrected chi connectivity index (χ3v) is 4.93. The van der Waals surface area contributed by atoms with Crippen molar-refractivity contribution in [1.29, 1.82) is 0 Å². The number of hydrazone groups is 1. The van der Waals surface area contributed by atoms with Crippen LogP contribution in [0.25, 0.3) is 0 Å². The number of nitro benzene ring substituents is 1. The number of hydrazine groups is 2. The summed E-state index contributed by atoms with van der Waals surface area (Å²) in [5, 5.41) is 19.2. The van der Waals surface area contributed by atoms with Crippen molar-refractivity contribution >= 4 is 45.5 Å². The van der Waals surface area contributed by atoms with Crippen LogP contribution in [0.1, 0.15) is 5.56 Å². The maximum absolute atomic E-state index is 10.9. The molecule has 0 bridgehead atoms. The minimum atomic E-state index is -0.414. The SMILES string of the molecule is O=[N+]([O-])c1ccc(N2N=C(c3ccccc3)NN2c2ccccc2I)cc1. The van der Waals surface area contributed by atoms with Gasteiger partial charge in [0.2, 0.25) is 0 Å². The predicted molar refractivity (Wildman–Crippen MR) is 113 cm³/mol. The van der Waals surface area contributed by atoms with E-state index >= 15 is 0 Å². The van der Waals surface area contributed by atoms with Gasteiger partial charge in [-0.25, -0.2) is 0 Å². The number of hydrogen-bond donors (Lipinski definition) is 1. The van der Waals surface area contributed by atoms with Crippen LogP contribution in [-0.4, -0.2) is 10.8 Å². The molecule has 0 saturated heterocycles. The molecule has 3 aromatic carbocycles. The lowest BCUT2D eigenvalue weighted by Crippen LogP contribution is -2.45. The number of hydrogen-bond acceptors (Lipinski definition) is 6. The number of rotatable bonds is 4. The number of non-ortho nitro benzene ring substituents is 1. The van der Waals surface area contributed by atoms with Crippen LogP contribution in [0, 0.1) is 13.7 Å². The first-order valence-electron chi connectivity index (χ1n) is 8.13. The number of anilines is 2. The molecule has 7 nitrogen and oxygen atoms in total. The van der Waals surface area contributed by atoms with Crippen molar-refractivity contribution in [3.8, 4) is 0 Å². The van der Waals surface area contributed by atoms with Gasteiger partial charge in [-0.15, -0.1) is 5.10 Å². The van der Waals surface area contributed by atoms with E-state index in [2.05, 4.69) is 28.0 Å². The Hall–Kier alpha value is -3.14. The summed E-state index contributed by atoms with van der Waals surface area (Å²) in [6, 6.07) is 24.0. The Morgan fingerprint density at radius 2 is 1.59 bits per heavy atom. The molecule has 8 heteroatoms. The first kappa shape index (κ1) is 17.3. The molecule has 0 unspecified atom stereocenters. The normalized spacial score (nSPS) is 13.3. The van der Waals surface area contributed by atoms with Gasteiger partial charge < -0.3 is 0 Å². The van der Waals surface area contributed by atoms with Gasteiger partial charge in [0.1, 0.15) is 0 Å². The fourth-order valence-corrected chi connectivity index (χ4v) is 3.31. The Balaban J connectivity index is 1.76. The third-order valence-electron chi connectivity index (χ3n) is 4.02. The topological polar surface area (TPSA) is 74.0 Å². The summed E-state index contributed by atoms with van der Waals surface area (Å²) in [5.41, 5.74) is 5.93. The van der Waals surface area contributed by atoms with Crippen molar-refractivity contribution in [2.45, 2.75) is 0 Å². The van der Waals surface area contributed by atoms with Crippen LogP contribution in [0.4, 0.5) is 17.1 Å². The monoisotopic (exact) mass is 471 g/mol. The number of nitrogens with zero attached hydrogens (tertiary/aromatic N) is 4. The molecule has 27 heavy (non-hydrogen) atoms. The van der Waals surface area contributed by atoms with Crippen LogP contribution in [0.3, 0.4) is 0 Å². The Kier molecular flexibility index (Phi) is 4.63. The zero-order chi connectivity index (χ0) is 18.8. The Morgan fingerprint density at radius 3 is 2.26 bits per heavy atom. The number of nitro groups is 1. The van der Waals surface area contributed by atoms with Gasteiger partial charge in [-0.05, 0) is 46.9 Å². The highest BCUT2D eigenvalue weighted by atomic mass is 127. The van der Waals surface area contributed by atoms with Gasteiger partial charge in [-0.1, -0.05) is 42.5 Å². The molecule has 1 aliphatic rings. The molecular formula is C19H14IN5O2. The summed E-state index contributed by atoms with van der Waals surface area (Å²) in [6.45, 7) is 0. The maximum Gasteiger partial charge on any atom is 0.269 e. The van der Waals surface area contributed by atoms with Gasteiger partial charge in [0.15, 0.2) is 5.84 Å². The van der Waals surface area contributed by atoms with Gasteiger partial charge in [-0.2, -0.15) is 10.2 Å². The summed E-state index contributed by atoms with van der Waals surface area (Å²) >= 11 is 2.27. The van der Waals surface area contributed by atoms with Gasteiger partial charge in [0, 0.05) is 21.3 Å². The van der Waals surface area contributed by atoms with E-state index in [4.69, 9.17) is 5.10 Å². The van der Waals surface area contributed by atoms with E-state index in [9.17, 15) is 10.1 Å². The van der Waals surface area contributed by atoms with Gasteiger partial charge in [0.05, 0.1) is 16.3 Å². The number of nitrogens with one attached hydrogen (secondary N) is 1. The van der Waals surface area contributed by atoms with Crippen LogP contribution >= 0.6 is 22.6 Å². The summed E-state index contributed by atoms with van der Waals surface area (Å²) < 4.78 is 1.04. The van der Waals surface area contributed by atoms with Crippen LogP contribution in [0.5, 0.6) is 0 Å². The lowest BCUT2D eigenvalue weighted by molar-refractivity contribution is -0.384. The number of benzene rings is 3. The minimum absolute atomic E-state index is 0.0408. The molecule has 3 aromatic rings. The zero-order valence-electron chi connectivity index (χ0n) is 14.0. The summed E-state index contributed by atoms with van der Waals surface area (Å²) in [5.74, 6) is 0.689. The molecular weight excluding hydrogens is 457 g/mol. The van der Waals surface area contributed by atoms with Gasteiger partial charge >= 0.3 is 0 Å². The Labute approximate surface area is 169 Å². The molecule has 1 N–H and O–H groups in total. The lowest BCUT2D eigenvalue weighted by Gasteiger charge is -2.28. The van der Waals surface area contributed by atoms with Gasteiger partial charge in [0.25, 0.3) is 5.69 Å². The average molecular weight is 471 g/mol. The minimum Gasteiger partial charge on any atom is -0.259 e. The van der Waals surface area contributed by atoms with E-state index in [0.29, 0.717) is 11.5 Å². The molecule has 0 atom stereocenters. The zero-order valence-corrected chi connectivity index (χ0v) is 16.1. The highest BCUT2D eigenvalue weighted by molar-refractivity contribution is 14.1. The highest BCUT2D eigenvalue weighted by Crippen LogP contribution is 2.30. The van der Waals surface area contributed by atoms with E-state index in [1.807, 2.05) is 59.7 Å². The first-order chi connectivity index (χ1) is 13.1. The summed E-state index contributed by atoms with van der Waals surface area (Å²) in [6.07, 6.45) is 0. The second-order valence-corrected chi connectivity index (χ2v) is 6.91. The fourth-order valence-electron chi connectivity index (χ4n) is 2.69. The van der Waals surface area contributed by atoms with Crippen molar-refractivity contribution in [2.75, 3.05) is 10.2 Å². The molecule has 0 fully saturated rings. The van der Waals surface area contributed by atoms with Crippen molar-refractivity contribution in [3.05, 3.63) is 98.1 Å². The number of halogens is 1. The maximum atomic E-state index is 10.9. The molecule has 0 aliphatic carbocycles. The molecule has 1 heterocycles. The molecule has 0 spiro atoms. The highest BCUT2D eigenvalue weighted by Gasteiger charge is 2.27. The van der Waals surface area contributed by atoms with Crippen molar-refractivity contribution < 1.29 is 4.92 Å². The quantitative estimate of drug-likeness (QED) is 0.349. The number of amidine groups is 1. The number of para-hydroxylation sites is 1. The van der Waals surface area contributed by atoms with Gasteiger partial charge in [-0.3, -0.25) is 15.5 Å². The van der Waals surface area contributed by atoms with Crippen molar-refractivity contribution in [1.82, 2.24) is 5.43 Å². The lowest BCUT2D eigenvalue weighted by atomic mass is 10.2. The second kappa shape index (κ2) is 7.23. The van der Waals surface area contributed by atoms with Crippen LogP contribution in [-0.2, 0) is 0 Å². The van der Waals surface area contributed by atoms with Crippen molar-refractivity contribution in [3.63, 3.8) is 0 Å². The molecule has 1 aliphatic heterocycles. The Bertz CT molecular complexity index is 1010. The molecule has 0 aromatic heterocycles. The summed E-state index contributed by atoms with van der Waals surface area (Å²) in [4.78, 5) is 10.5. The van der Waals surface area contributed by atoms with E-state index in [1.165, 1.54) is 12.1 Å². The first-order valence-corrected chi connectivity index (χ1v) is 9.21. The molecule has 0 amide bonds. The molecule has 0 saturated carbocycles. The third kappa shape index (κ3) is 3.43. The van der Waals surface area contributed by atoms with Crippen LogP contribution in [0.2, 0.25) is 0 Å². The average Bonchev–Trinajstić information content (AvgIpc) is 3.14. The van der Waals surface area contributed by atoms with E-state index < -0.39 is 4.92 Å². The molecule has 4 rings (SSSR count). The van der Waals surface area contributed by atoms with Crippen LogP contribution < -0.4 is 15.7 Å². The van der Waals surface area contributed by atoms with E-state index in [1.54, 1.807) is 17.3 Å².